The minimum absolute atomic E-state index is 0.0497. The van der Waals surface area contributed by atoms with Gasteiger partial charge in [-0.05, 0) is 6.42 Å². The molecule has 0 fully saturated rings. The van der Waals surface area contributed by atoms with Crippen molar-refractivity contribution < 1.29 is 0 Å². The summed E-state index contributed by atoms with van der Waals surface area (Å²) in [4.78, 5) is 18.4. The average molecular weight is 226 g/mol. The van der Waals surface area contributed by atoms with Crippen molar-refractivity contribution >= 4 is 11.8 Å². The van der Waals surface area contributed by atoms with Crippen molar-refractivity contribution in [2.24, 2.45) is 0 Å². The van der Waals surface area contributed by atoms with Crippen LogP contribution in [0.3, 0.4) is 0 Å². The summed E-state index contributed by atoms with van der Waals surface area (Å²) in [5.41, 5.74) is 0.814. The lowest BCUT2D eigenvalue weighted by atomic mass is 10.3. The lowest BCUT2D eigenvalue weighted by Crippen LogP contribution is -2.14. The summed E-state index contributed by atoms with van der Waals surface area (Å²) < 4.78 is 0.195. The lowest BCUT2D eigenvalue weighted by molar-refractivity contribution is 0.798. The molecule has 0 bridgehead atoms. The Balaban J connectivity index is 2.77. The maximum Gasteiger partial charge on any atom is 0.251 e. The monoisotopic (exact) mass is 226 g/mol. The van der Waals surface area contributed by atoms with E-state index >= 15 is 0 Å². The molecule has 0 radical (unpaired) electrons. The smallest absolute Gasteiger partial charge is 0.251 e. The number of aromatic nitrogens is 2. The van der Waals surface area contributed by atoms with Crippen molar-refractivity contribution in [2.75, 3.05) is 0 Å². The van der Waals surface area contributed by atoms with E-state index in [4.69, 9.17) is 0 Å². The second-order valence-electron chi connectivity index (χ2n) is 4.44. The molecule has 4 heteroatoms. The largest absolute Gasteiger partial charge is 0.310 e. The van der Waals surface area contributed by atoms with E-state index in [-0.39, 0.29) is 10.3 Å². The minimum atomic E-state index is -0.0497. The summed E-state index contributed by atoms with van der Waals surface area (Å²) in [7, 11) is 0. The molecule has 84 valence electrons. The minimum Gasteiger partial charge on any atom is -0.310 e. The molecule has 0 atom stereocenters. The molecule has 3 nitrogen and oxygen atoms in total. The van der Waals surface area contributed by atoms with Crippen LogP contribution in [0.1, 0.15) is 39.2 Å². The van der Waals surface area contributed by atoms with Crippen molar-refractivity contribution in [3.63, 3.8) is 0 Å². The number of hydrogen-bond acceptors (Lipinski definition) is 3. The van der Waals surface area contributed by atoms with Gasteiger partial charge in [-0.3, -0.25) is 4.79 Å². The van der Waals surface area contributed by atoms with Gasteiger partial charge in [-0.1, -0.05) is 27.7 Å². The van der Waals surface area contributed by atoms with Crippen LogP contribution in [0.4, 0.5) is 0 Å². The Kier molecular flexibility index (Phi) is 3.97. The van der Waals surface area contributed by atoms with Crippen LogP contribution in [0.15, 0.2) is 10.9 Å². The van der Waals surface area contributed by atoms with Gasteiger partial charge < -0.3 is 4.98 Å². The first kappa shape index (κ1) is 12.3. The summed E-state index contributed by atoms with van der Waals surface area (Å²) in [5.74, 6) is 1.53. The molecule has 0 saturated carbocycles. The summed E-state index contributed by atoms with van der Waals surface area (Å²) >= 11 is 1.78. The van der Waals surface area contributed by atoms with E-state index in [0.717, 1.165) is 23.7 Å². The number of nitrogens with one attached hydrogen (secondary N) is 1. The number of aryl methyl sites for hydroxylation is 1. The van der Waals surface area contributed by atoms with Gasteiger partial charge in [-0.2, -0.15) is 0 Å². The van der Waals surface area contributed by atoms with E-state index < -0.39 is 0 Å². The molecule has 1 N–H and O–H groups in total. The van der Waals surface area contributed by atoms with Crippen LogP contribution < -0.4 is 5.56 Å². The molecule has 1 aromatic rings. The van der Waals surface area contributed by atoms with Crippen LogP contribution >= 0.6 is 11.8 Å². The number of nitrogens with zero attached hydrogens (tertiary/aromatic N) is 1. The maximum atomic E-state index is 11.3. The first-order valence-corrected chi connectivity index (χ1v) is 6.12. The van der Waals surface area contributed by atoms with Crippen molar-refractivity contribution in [1.29, 1.82) is 0 Å². The van der Waals surface area contributed by atoms with E-state index in [1.807, 2.05) is 6.92 Å². The molecule has 0 aromatic carbocycles. The predicted molar refractivity (Wildman–Crippen MR) is 65.3 cm³/mol. The molecule has 15 heavy (non-hydrogen) atoms. The van der Waals surface area contributed by atoms with Crippen molar-refractivity contribution in [2.45, 2.75) is 44.6 Å². The molecule has 0 aliphatic heterocycles. The third kappa shape index (κ3) is 4.51. The molecule has 0 aliphatic rings. The van der Waals surface area contributed by atoms with Gasteiger partial charge >= 0.3 is 0 Å². The number of hydrogen-bond donors (Lipinski definition) is 1. The summed E-state index contributed by atoms with van der Waals surface area (Å²) in [6, 6.07) is 1.56. The Hall–Kier alpha value is -0.770. The van der Waals surface area contributed by atoms with E-state index in [9.17, 15) is 4.79 Å². The highest BCUT2D eigenvalue weighted by molar-refractivity contribution is 7.99. The maximum absolute atomic E-state index is 11.3. The molecule has 0 unspecified atom stereocenters. The number of thioether (sulfide) groups is 1. The van der Waals surface area contributed by atoms with Crippen LogP contribution in [0.2, 0.25) is 0 Å². The Morgan fingerprint density at radius 3 is 2.67 bits per heavy atom. The normalized spacial score (nSPS) is 11.7. The fourth-order valence-electron chi connectivity index (χ4n) is 1.10. The van der Waals surface area contributed by atoms with Crippen molar-refractivity contribution in [3.8, 4) is 0 Å². The van der Waals surface area contributed by atoms with Crippen LogP contribution in [-0.4, -0.2) is 14.7 Å². The quantitative estimate of drug-likeness (QED) is 0.860. The van der Waals surface area contributed by atoms with Crippen LogP contribution in [0.5, 0.6) is 0 Å². The molecular formula is C11H18N2OS. The van der Waals surface area contributed by atoms with Crippen LogP contribution in [0.25, 0.3) is 0 Å². The summed E-state index contributed by atoms with van der Waals surface area (Å²) in [6.07, 6.45) is 0.803. The molecule has 0 spiro atoms. The van der Waals surface area contributed by atoms with Gasteiger partial charge in [0, 0.05) is 16.5 Å². The fourth-order valence-corrected chi connectivity index (χ4v) is 1.80. The zero-order chi connectivity index (χ0) is 11.5. The molecule has 0 aliphatic carbocycles. The van der Waals surface area contributed by atoms with Gasteiger partial charge in [0.2, 0.25) is 0 Å². The third-order valence-corrected chi connectivity index (χ3v) is 3.13. The van der Waals surface area contributed by atoms with Gasteiger partial charge in [0.1, 0.15) is 5.82 Å². The van der Waals surface area contributed by atoms with Crippen molar-refractivity contribution in [1.82, 2.24) is 9.97 Å². The van der Waals surface area contributed by atoms with Gasteiger partial charge in [-0.15, -0.1) is 11.8 Å². The van der Waals surface area contributed by atoms with Gasteiger partial charge in [0.05, 0.1) is 5.75 Å². The van der Waals surface area contributed by atoms with Crippen LogP contribution in [0, 0.1) is 0 Å². The predicted octanol–water partition coefficient (Wildman–Crippen LogP) is 2.36. The molecule has 0 amide bonds. The summed E-state index contributed by atoms with van der Waals surface area (Å²) in [6.45, 7) is 8.46. The Bertz CT molecular complexity index is 379. The average Bonchev–Trinajstić information content (AvgIpc) is 2.13. The van der Waals surface area contributed by atoms with Gasteiger partial charge in [0.15, 0.2) is 0 Å². The molecule has 1 heterocycles. The van der Waals surface area contributed by atoms with Gasteiger partial charge in [0.25, 0.3) is 5.56 Å². The SMILES string of the molecule is CCc1cc(=O)[nH]c(CSC(C)(C)C)n1. The third-order valence-electron chi connectivity index (χ3n) is 1.85. The van der Waals surface area contributed by atoms with E-state index in [1.165, 1.54) is 0 Å². The highest BCUT2D eigenvalue weighted by Gasteiger charge is 2.11. The Labute approximate surface area is 94.7 Å². The van der Waals surface area contributed by atoms with Crippen molar-refractivity contribution in [3.05, 3.63) is 27.9 Å². The summed E-state index contributed by atoms with van der Waals surface area (Å²) in [5, 5.41) is 0. The second-order valence-corrected chi connectivity index (χ2v) is 6.24. The molecular weight excluding hydrogens is 208 g/mol. The van der Waals surface area contributed by atoms with Crippen LogP contribution in [-0.2, 0) is 12.2 Å². The zero-order valence-corrected chi connectivity index (χ0v) is 10.6. The molecule has 0 saturated heterocycles. The Morgan fingerprint density at radius 1 is 1.47 bits per heavy atom. The lowest BCUT2D eigenvalue weighted by Gasteiger charge is -2.16. The second kappa shape index (κ2) is 4.84. The number of aromatic amines is 1. The van der Waals surface area contributed by atoms with E-state index in [0.29, 0.717) is 0 Å². The Morgan fingerprint density at radius 2 is 2.13 bits per heavy atom. The standard InChI is InChI=1S/C11H18N2OS/c1-5-8-6-10(14)13-9(12-8)7-15-11(2,3)4/h6H,5,7H2,1-4H3,(H,12,13,14). The van der Waals surface area contributed by atoms with E-state index in [1.54, 1.807) is 17.8 Å². The molecule has 1 aromatic heterocycles. The molecule has 1 rings (SSSR count). The first-order valence-electron chi connectivity index (χ1n) is 5.14. The van der Waals surface area contributed by atoms with E-state index in [2.05, 4.69) is 30.7 Å². The van der Waals surface area contributed by atoms with Gasteiger partial charge in [-0.25, -0.2) is 4.98 Å². The first-order chi connectivity index (χ1) is 6.90. The number of H-pyrrole nitrogens is 1. The highest BCUT2D eigenvalue weighted by atomic mass is 32.2. The zero-order valence-electron chi connectivity index (χ0n) is 9.76. The topological polar surface area (TPSA) is 45.8 Å². The fraction of sp³-hybridized carbons (Fsp3) is 0.636. The number of rotatable bonds is 3. The highest BCUT2D eigenvalue weighted by Crippen LogP contribution is 2.25.